The molecule has 2 aromatic carbocycles. The zero-order valence-electron chi connectivity index (χ0n) is 16.8. The van der Waals surface area contributed by atoms with E-state index in [9.17, 15) is 22.8 Å². The maximum atomic E-state index is 12.9. The van der Waals surface area contributed by atoms with E-state index in [1.54, 1.807) is 0 Å². The van der Waals surface area contributed by atoms with Crippen molar-refractivity contribution in [2.75, 3.05) is 19.6 Å². The quantitative estimate of drug-likeness (QED) is 0.790. The minimum Gasteiger partial charge on any atom is -0.355 e. The highest BCUT2D eigenvalue weighted by Gasteiger charge is 2.32. The highest BCUT2D eigenvalue weighted by Crippen LogP contribution is 2.30. The van der Waals surface area contributed by atoms with Gasteiger partial charge in [-0.05, 0) is 49.9 Å². The van der Waals surface area contributed by atoms with E-state index >= 15 is 0 Å². The molecule has 0 aliphatic carbocycles. The molecule has 3 rings (SSSR count). The van der Waals surface area contributed by atoms with E-state index in [-0.39, 0.29) is 23.9 Å². The summed E-state index contributed by atoms with van der Waals surface area (Å²) in [5.41, 5.74) is 1.44. The molecule has 1 N–H and O–H groups in total. The summed E-state index contributed by atoms with van der Waals surface area (Å²) in [4.78, 5) is 26.7. The molecule has 160 valence electrons. The first-order chi connectivity index (χ1) is 14.2. The van der Waals surface area contributed by atoms with Crippen molar-refractivity contribution in [1.82, 2.24) is 10.2 Å². The van der Waals surface area contributed by atoms with Gasteiger partial charge in [0.15, 0.2) is 0 Å². The number of hydrogen-bond acceptors (Lipinski definition) is 2. The minimum atomic E-state index is -4.50. The number of alkyl halides is 3. The maximum Gasteiger partial charge on any atom is 0.416 e. The summed E-state index contributed by atoms with van der Waals surface area (Å²) in [6.07, 6.45) is -2.49. The van der Waals surface area contributed by atoms with Gasteiger partial charge < -0.3 is 10.2 Å². The van der Waals surface area contributed by atoms with Crippen LogP contribution >= 0.6 is 0 Å². The Morgan fingerprint density at radius 2 is 1.90 bits per heavy atom. The Morgan fingerprint density at radius 3 is 2.63 bits per heavy atom. The van der Waals surface area contributed by atoms with Gasteiger partial charge in [-0.25, -0.2) is 0 Å². The minimum absolute atomic E-state index is 0.00895. The second-order valence-corrected chi connectivity index (χ2v) is 7.70. The number of carbonyl (C=O) groups excluding carboxylic acids is 2. The lowest BCUT2D eigenvalue weighted by Gasteiger charge is -2.32. The number of rotatable bonds is 5. The Bertz CT molecular complexity index is 911. The number of likely N-dealkylation sites (tertiary alicyclic amines) is 1. The molecule has 0 spiro atoms. The van der Waals surface area contributed by atoms with Crippen molar-refractivity contribution in [3.63, 3.8) is 0 Å². The van der Waals surface area contributed by atoms with Crippen molar-refractivity contribution in [1.29, 1.82) is 0 Å². The fourth-order valence-electron chi connectivity index (χ4n) is 3.73. The first kappa shape index (κ1) is 21.9. The number of halogens is 3. The number of nitrogens with zero attached hydrogens (tertiary/aromatic N) is 1. The van der Waals surface area contributed by atoms with E-state index in [2.05, 4.69) is 11.4 Å². The smallest absolute Gasteiger partial charge is 0.355 e. The molecule has 4 nitrogen and oxygen atoms in total. The molecule has 30 heavy (non-hydrogen) atoms. The zero-order valence-corrected chi connectivity index (χ0v) is 16.8. The van der Waals surface area contributed by atoms with Gasteiger partial charge in [-0.3, -0.25) is 9.59 Å². The van der Waals surface area contributed by atoms with Gasteiger partial charge in [-0.2, -0.15) is 13.2 Å². The van der Waals surface area contributed by atoms with Gasteiger partial charge in [0.25, 0.3) is 5.91 Å². The molecule has 0 aromatic heterocycles. The Hall–Kier alpha value is -2.83. The van der Waals surface area contributed by atoms with Gasteiger partial charge in [0.05, 0.1) is 11.5 Å². The fraction of sp³-hybridized carbons (Fsp3) is 0.391. The third kappa shape index (κ3) is 5.62. The van der Waals surface area contributed by atoms with E-state index in [0.29, 0.717) is 32.4 Å². The van der Waals surface area contributed by atoms with Crippen LogP contribution in [0.3, 0.4) is 0 Å². The second kappa shape index (κ2) is 9.32. The normalized spacial score (nSPS) is 16.9. The highest BCUT2D eigenvalue weighted by molar-refractivity contribution is 5.95. The Kier molecular flexibility index (Phi) is 6.80. The third-order valence-electron chi connectivity index (χ3n) is 5.31. The number of aryl methyl sites for hydroxylation is 1. The number of piperidine rings is 1. The number of carbonyl (C=O) groups is 2. The summed E-state index contributed by atoms with van der Waals surface area (Å²) in [6, 6.07) is 12.5. The standard InChI is InChI=1S/C23H25F3N2O2/c1-16-5-2-6-17(13-16)10-11-27-21(29)19-8-4-12-28(15-19)22(30)18-7-3-9-20(14-18)23(24,25)26/h2-3,5-7,9,13-14,19H,4,8,10-12,15H2,1H3,(H,27,29)/t19-/m0/s1. The summed E-state index contributed by atoms with van der Waals surface area (Å²) in [6.45, 7) is 3.16. The molecular weight excluding hydrogens is 393 g/mol. The number of hydrogen-bond donors (Lipinski definition) is 1. The van der Waals surface area contributed by atoms with Crippen LogP contribution in [-0.2, 0) is 17.4 Å². The van der Waals surface area contributed by atoms with Gasteiger partial charge >= 0.3 is 6.18 Å². The molecule has 1 aliphatic heterocycles. The maximum absolute atomic E-state index is 12.9. The van der Waals surface area contributed by atoms with Crippen LogP contribution in [-0.4, -0.2) is 36.3 Å². The first-order valence-corrected chi connectivity index (χ1v) is 10.0. The summed E-state index contributed by atoms with van der Waals surface area (Å²) in [5.74, 6) is -0.950. The molecule has 1 heterocycles. The molecule has 0 saturated carbocycles. The van der Waals surface area contributed by atoms with Crippen molar-refractivity contribution in [3.8, 4) is 0 Å². The van der Waals surface area contributed by atoms with E-state index in [1.165, 1.54) is 17.0 Å². The van der Waals surface area contributed by atoms with Gasteiger partial charge in [0.2, 0.25) is 5.91 Å². The molecule has 0 radical (unpaired) electrons. The lowest BCUT2D eigenvalue weighted by Crippen LogP contribution is -2.45. The van der Waals surface area contributed by atoms with Crippen LogP contribution in [0.1, 0.15) is 39.9 Å². The molecule has 1 aliphatic rings. The topological polar surface area (TPSA) is 49.4 Å². The van der Waals surface area contributed by atoms with Crippen molar-refractivity contribution in [2.45, 2.75) is 32.4 Å². The van der Waals surface area contributed by atoms with Crippen LogP contribution in [0.4, 0.5) is 13.2 Å². The molecule has 0 unspecified atom stereocenters. The molecule has 7 heteroatoms. The summed E-state index contributed by atoms with van der Waals surface area (Å²) < 4.78 is 38.8. The Balaban J connectivity index is 1.56. The van der Waals surface area contributed by atoms with Gasteiger partial charge in [0, 0.05) is 25.2 Å². The Labute approximate surface area is 174 Å². The number of nitrogens with one attached hydrogen (secondary N) is 1. The van der Waals surface area contributed by atoms with Crippen molar-refractivity contribution < 1.29 is 22.8 Å². The lowest BCUT2D eigenvalue weighted by molar-refractivity contribution is -0.137. The van der Waals surface area contributed by atoms with Crippen molar-refractivity contribution >= 4 is 11.8 Å². The van der Waals surface area contributed by atoms with E-state index in [1.807, 2.05) is 25.1 Å². The molecule has 0 bridgehead atoms. The van der Waals surface area contributed by atoms with Gasteiger partial charge in [-0.1, -0.05) is 35.9 Å². The molecule has 2 amide bonds. The van der Waals surface area contributed by atoms with Crippen molar-refractivity contribution in [2.24, 2.45) is 5.92 Å². The van der Waals surface area contributed by atoms with Crippen LogP contribution in [0.15, 0.2) is 48.5 Å². The summed E-state index contributed by atoms with van der Waals surface area (Å²) in [7, 11) is 0. The highest BCUT2D eigenvalue weighted by atomic mass is 19.4. The summed E-state index contributed by atoms with van der Waals surface area (Å²) in [5, 5.41) is 2.92. The predicted octanol–water partition coefficient (Wildman–Crippen LogP) is 4.22. The number of benzene rings is 2. The van der Waals surface area contributed by atoms with E-state index in [0.717, 1.165) is 23.3 Å². The number of amides is 2. The van der Waals surface area contributed by atoms with Crippen LogP contribution < -0.4 is 5.32 Å². The zero-order chi connectivity index (χ0) is 21.7. The average Bonchev–Trinajstić information content (AvgIpc) is 2.73. The molecule has 1 saturated heterocycles. The SMILES string of the molecule is Cc1cccc(CCNC(=O)[C@H]2CCCN(C(=O)c3cccc(C(F)(F)F)c3)C2)c1. The van der Waals surface area contributed by atoms with Crippen LogP contribution in [0, 0.1) is 12.8 Å². The third-order valence-corrected chi connectivity index (χ3v) is 5.31. The van der Waals surface area contributed by atoms with Gasteiger partial charge in [0.1, 0.15) is 0 Å². The van der Waals surface area contributed by atoms with Crippen molar-refractivity contribution in [3.05, 3.63) is 70.8 Å². The second-order valence-electron chi connectivity index (χ2n) is 7.70. The first-order valence-electron chi connectivity index (χ1n) is 10.0. The Morgan fingerprint density at radius 1 is 1.13 bits per heavy atom. The monoisotopic (exact) mass is 418 g/mol. The molecule has 2 aromatic rings. The fourth-order valence-corrected chi connectivity index (χ4v) is 3.73. The van der Waals surface area contributed by atoms with Crippen LogP contribution in [0.25, 0.3) is 0 Å². The van der Waals surface area contributed by atoms with Gasteiger partial charge in [-0.15, -0.1) is 0 Å². The van der Waals surface area contributed by atoms with E-state index < -0.39 is 17.6 Å². The largest absolute Gasteiger partial charge is 0.416 e. The van der Waals surface area contributed by atoms with Crippen LogP contribution in [0.5, 0.6) is 0 Å². The summed E-state index contributed by atoms with van der Waals surface area (Å²) >= 11 is 0. The van der Waals surface area contributed by atoms with Crippen LogP contribution in [0.2, 0.25) is 0 Å². The average molecular weight is 418 g/mol. The van der Waals surface area contributed by atoms with E-state index in [4.69, 9.17) is 0 Å². The lowest BCUT2D eigenvalue weighted by atomic mass is 9.96. The molecule has 1 atom stereocenters. The molecule has 1 fully saturated rings. The predicted molar refractivity (Wildman–Crippen MR) is 108 cm³/mol. The molecular formula is C23H25F3N2O2.